The summed E-state index contributed by atoms with van der Waals surface area (Å²) in [6, 6.07) is 11.2. The fourth-order valence-electron chi connectivity index (χ4n) is 4.02. The molecule has 3 atom stereocenters. The molecule has 0 saturated carbocycles. The molecule has 37 heavy (non-hydrogen) atoms. The molecule has 0 aliphatic heterocycles. The zero-order valence-electron chi connectivity index (χ0n) is 21.6. The van der Waals surface area contributed by atoms with Crippen molar-refractivity contribution in [2.24, 2.45) is 38.8 Å². The lowest BCUT2D eigenvalue weighted by atomic mass is 9.95. The van der Waals surface area contributed by atoms with Crippen LogP contribution < -0.4 is 33.6 Å². The number of nitrogens with two attached hydrogens (primary N) is 4. The maximum Gasteiger partial charge on any atom is 0.245 e. The monoisotopic (exact) mass is 510 g/mol. The Morgan fingerprint density at radius 2 is 1.57 bits per heavy atom. The van der Waals surface area contributed by atoms with Crippen LogP contribution in [-0.2, 0) is 22.4 Å². The highest BCUT2D eigenvalue weighted by Gasteiger charge is 2.25. The number of hydrogen-bond donors (Lipinski definition) is 7. The molecule has 0 radical (unpaired) electrons. The van der Waals surface area contributed by atoms with Crippen LogP contribution in [0.4, 0.5) is 0 Å². The summed E-state index contributed by atoms with van der Waals surface area (Å²) >= 11 is 0. The second-order valence-electron chi connectivity index (χ2n) is 9.13. The van der Waals surface area contributed by atoms with Crippen LogP contribution in [0, 0.1) is 19.8 Å². The summed E-state index contributed by atoms with van der Waals surface area (Å²) in [5, 5.41) is 15.4. The average molecular weight is 511 g/mol. The number of carbonyl (C=O) groups is 2. The van der Waals surface area contributed by atoms with Crippen LogP contribution in [0.3, 0.4) is 0 Å². The quantitative estimate of drug-likeness (QED) is 0.153. The molecule has 11 heteroatoms. The van der Waals surface area contributed by atoms with Crippen molar-refractivity contribution in [3.63, 3.8) is 0 Å². The molecular formula is C26H38N8O3. The molecule has 2 aromatic carbocycles. The van der Waals surface area contributed by atoms with E-state index in [1.54, 1.807) is 19.1 Å². The Morgan fingerprint density at radius 3 is 2.14 bits per heavy atom. The van der Waals surface area contributed by atoms with Gasteiger partial charge in [0.05, 0.1) is 0 Å². The number of carbonyl (C=O) groups excluding carboxylic acids is 2. The molecule has 2 aromatic rings. The van der Waals surface area contributed by atoms with Gasteiger partial charge in [-0.15, -0.1) is 0 Å². The molecule has 0 bridgehead atoms. The Balaban J connectivity index is 2.05. The second kappa shape index (κ2) is 13.7. The minimum absolute atomic E-state index is 0.0186. The lowest BCUT2D eigenvalue weighted by molar-refractivity contribution is -0.129. The zero-order valence-corrected chi connectivity index (χ0v) is 21.6. The molecule has 0 spiro atoms. The summed E-state index contributed by atoms with van der Waals surface area (Å²) in [7, 11) is 0. The van der Waals surface area contributed by atoms with Gasteiger partial charge in [0.25, 0.3) is 0 Å². The summed E-state index contributed by atoms with van der Waals surface area (Å²) in [4.78, 5) is 34.0. The third-order valence-electron chi connectivity index (χ3n) is 5.90. The van der Waals surface area contributed by atoms with E-state index in [4.69, 9.17) is 22.9 Å². The van der Waals surface area contributed by atoms with Gasteiger partial charge in [0.15, 0.2) is 11.9 Å². The molecule has 0 saturated heterocycles. The fraction of sp³-hybridized carbons (Fsp3) is 0.385. The minimum atomic E-state index is -0.949. The fourth-order valence-corrected chi connectivity index (χ4v) is 4.02. The van der Waals surface area contributed by atoms with Gasteiger partial charge in [0.2, 0.25) is 11.8 Å². The Bertz CT molecular complexity index is 1100. The lowest BCUT2D eigenvalue weighted by Gasteiger charge is -2.21. The van der Waals surface area contributed by atoms with Gasteiger partial charge in [-0.05, 0) is 67.5 Å². The number of amides is 2. The van der Waals surface area contributed by atoms with Crippen LogP contribution in [0.25, 0.3) is 0 Å². The molecule has 1 unspecified atom stereocenters. The SMILES string of the molecule is Cc1cc(O)cc(C)c1C[C@H](N=C(N)N)C(=O)N[C@H](C)C(=O)NCC(CN=C(N)N)Cc1ccccc1. The molecule has 2 rings (SSSR count). The average Bonchev–Trinajstić information content (AvgIpc) is 2.82. The number of phenolic OH excluding ortho intramolecular Hbond substituents is 1. The predicted molar refractivity (Wildman–Crippen MR) is 146 cm³/mol. The molecule has 11 nitrogen and oxygen atoms in total. The van der Waals surface area contributed by atoms with Crippen molar-refractivity contribution in [3.05, 3.63) is 64.7 Å². The first kappa shape index (κ1) is 29.0. The van der Waals surface area contributed by atoms with Crippen LogP contribution in [0.1, 0.15) is 29.2 Å². The van der Waals surface area contributed by atoms with Crippen molar-refractivity contribution in [2.45, 2.75) is 45.7 Å². The highest BCUT2D eigenvalue weighted by molar-refractivity contribution is 5.91. The number of nitrogens with one attached hydrogen (secondary N) is 2. The van der Waals surface area contributed by atoms with E-state index in [9.17, 15) is 14.7 Å². The van der Waals surface area contributed by atoms with Gasteiger partial charge < -0.3 is 38.7 Å². The van der Waals surface area contributed by atoms with Crippen molar-refractivity contribution >= 4 is 23.7 Å². The van der Waals surface area contributed by atoms with Gasteiger partial charge in [-0.1, -0.05) is 30.3 Å². The molecule has 0 heterocycles. The topological polar surface area (TPSA) is 207 Å². The summed E-state index contributed by atoms with van der Waals surface area (Å²) in [6.07, 6.45) is 0.865. The van der Waals surface area contributed by atoms with E-state index >= 15 is 0 Å². The van der Waals surface area contributed by atoms with E-state index in [0.29, 0.717) is 19.5 Å². The van der Waals surface area contributed by atoms with Crippen molar-refractivity contribution in [1.29, 1.82) is 0 Å². The first-order valence-electron chi connectivity index (χ1n) is 12.0. The Hall–Kier alpha value is -4.28. The van der Waals surface area contributed by atoms with Gasteiger partial charge in [0, 0.05) is 19.5 Å². The second-order valence-corrected chi connectivity index (χ2v) is 9.13. The van der Waals surface area contributed by atoms with Crippen molar-refractivity contribution < 1.29 is 14.7 Å². The normalized spacial score (nSPS) is 13.1. The largest absolute Gasteiger partial charge is 0.508 e. The van der Waals surface area contributed by atoms with Crippen molar-refractivity contribution in [2.75, 3.05) is 13.1 Å². The molecule has 11 N–H and O–H groups in total. The summed E-state index contributed by atoms with van der Waals surface area (Å²) in [6.45, 7) is 5.90. The van der Waals surface area contributed by atoms with Gasteiger partial charge in [-0.3, -0.25) is 14.6 Å². The number of aliphatic imine (C=N–C) groups is 2. The number of phenols is 1. The van der Waals surface area contributed by atoms with E-state index in [1.165, 1.54) is 0 Å². The number of guanidine groups is 2. The highest BCUT2D eigenvalue weighted by Crippen LogP contribution is 2.22. The van der Waals surface area contributed by atoms with E-state index in [2.05, 4.69) is 20.6 Å². The van der Waals surface area contributed by atoms with E-state index in [-0.39, 0.29) is 35.9 Å². The third-order valence-corrected chi connectivity index (χ3v) is 5.90. The maximum atomic E-state index is 13.0. The number of nitrogens with zero attached hydrogens (tertiary/aromatic N) is 2. The number of hydrogen-bond acceptors (Lipinski definition) is 5. The molecule has 0 aliphatic rings. The first-order chi connectivity index (χ1) is 17.5. The third kappa shape index (κ3) is 9.71. The Kier molecular flexibility index (Phi) is 10.7. The lowest BCUT2D eigenvalue weighted by Crippen LogP contribution is -2.49. The zero-order chi connectivity index (χ0) is 27.5. The maximum absolute atomic E-state index is 13.0. The van der Waals surface area contributed by atoms with Gasteiger partial charge in [-0.25, -0.2) is 4.99 Å². The summed E-state index contributed by atoms with van der Waals surface area (Å²) < 4.78 is 0. The van der Waals surface area contributed by atoms with Crippen LogP contribution in [-0.4, -0.2) is 54.0 Å². The van der Waals surface area contributed by atoms with Crippen LogP contribution in [0.5, 0.6) is 5.75 Å². The number of aryl methyl sites for hydroxylation is 2. The first-order valence-corrected chi connectivity index (χ1v) is 12.0. The molecule has 0 aromatic heterocycles. The van der Waals surface area contributed by atoms with Crippen molar-refractivity contribution in [3.8, 4) is 5.75 Å². The highest BCUT2D eigenvalue weighted by atomic mass is 16.3. The van der Waals surface area contributed by atoms with Crippen LogP contribution >= 0.6 is 0 Å². The standard InChI is InChI=1S/C26H38N8O3/c1-15-9-20(35)10-16(2)21(15)12-22(34-26(29)30)24(37)33-17(3)23(36)31-13-19(14-32-25(27)28)11-18-7-5-4-6-8-18/h4-10,17,19,22,35H,11-14H2,1-3H3,(H,31,36)(H,33,37)(H4,27,28,32)(H4,29,30,34)/t17-,19?,22+/m1/s1. The van der Waals surface area contributed by atoms with Gasteiger partial charge in [-0.2, -0.15) is 0 Å². The summed E-state index contributed by atoms with van der Waals surface area (Å²) in [5.74, 6) is -1.03. The van der Waals surface area contributed by atoms with Gasteiger partial charge in [0.1, 0.15) is 17.8 Å². The number of aromatic hydroxyl groups is 1. The molecule has 2 amide bonds. The van der Waals surface area contributed by atoms with E-state index < -0.39 is 18.0 Å². The molecular weight excluding hydrogens is 472 g/mol. The minimum Gasteiger partial charge on any atom is -0.508 e. The smallest absolute Gasteiger partial charge is 0.245 e. The van der Waals surface area contributed by atoms with E-state index in [0.717, 1.165) is 22.3 Å². The Morgan fingerprint density at radius 1 is 0.946 bits per heavy atom. The number of benzene rings is 2. The van der Waals surface area contributed by atoms with Crippen LogP contribution in [0.2, 0.25) is 0 Å². The summed E-state index contributed by atoms with van der Waals surface area (Å²) in [5.41, 5.74) is 25.7. The van der Waals surface area contributed by atoms with Crippen molar-refractivity contribution in [1.82, 2.24) is 10.6 Å². The van der Waals surface area contributed by atoms with Crippen LogP contribution in [0.15, 0.2) is 52.4 Å². The molecule has 200 valence electrons. The van der Waals surface area contributed by atoms with E-state index in [1.807, 2.05) is 44.2 Å². The molecule has 0 fully saturated rings. The molecule has 0 aliphatic carbocycles. The predicted octanol–water partition coefficient (Wildman–Crippen LogP) is -0.0533. The number of rotatable bonds is 12. The Labute approximate surface area is 217 Å². The van der Waals surface area contributed by atoms with Gasteiger partial charge >= 0.3 is 0 Å².